The Morgan fingerprint density at radius 3 is 2.70 bits per heavy atom. The Morgan fingerprint density at radius 1 is 1.35 bits per heavy atom. The molecule has 1 amide bonds. The Bertz CT molecular complexity index is 444. The van der Waals surface area contributed by atoms with Gasteiger partial charge in [0.2, 0.25) is 0 Å². The van der Waals surface area contributed by atoms with Crippen molar-refractivity contribution in [3.8, 4) is 0 Å². The summed E-state index contributed by atoms with van der Waals surface area (Å²) in [5.74, 6) is 0.588. The average molecular weight is 342 g/mol. The number of rotatable bonds is 5. The Balaban J connectivity index is 1.63. The lowest BCUT2D eigenvalue weighted by atomic mass is 9.94. The molecule has 1 fully saturated rings. The molecule has 2 rings (SSSR count). The number of piperidine rings is 1. The number of nitrogens with zero attached hydrogens (tertiary/aromatic N) is 1. The molecule has 4 nitrogen and oxygen atoms in total. The van der Waals surface area contributed by atoms with E-state index in [9.17, 15) is 4.79 Å². The summed E-state index contributed by atoms with van der Waals surface area (Å²) in [5.41, 5.74) is 1.16. The molecule has 1 N–H and O–H groups in total. The van der Waals surface area contributed by atoms with Crippen LogP contribution in [0.25, 0.3) is 0 Å². The Hall–Kier alpha value is -1.07. The van der Waals surface area contributed by atoms with Crippen molar-refractivity contribution < 1.29 is 14.6 Å². The van der Waals surface area contributed by atoms with Crippen molar-refractivity contribution in [2.75, 3.05) is 19.7 Å². The fourth-order valence-electron chi connectivity index (χ4n) is 2.46. The SMILES string of the molecule is O=C(O)N1CCC(CCOCc2ccccc2Br)CC1. The third kappa shape index (κ3) is 4.49. The molecule has 1 aliphatic rings. The van der Waals surface area contributed by atoms with Crippen LogP contribution in [-0.4, -0.2) is 35.8 Å². The maximum Gasteiger partial charge on any atom is 0.407 e. The quantitative estimate of drug-likeness (QED) is 0.829. The summed E-state index contributed by atoms with van der Waals surface area (Å²) in [7, 11) is 0. The fourth-order valence-corrected chi connectivity index (χ4v) is 2.86. The molecule has 0 aromatic heterocycles. The van der Waals surface area contributed by atoms with Crippen LogP contribution in [0.3, 0.4) is 0 Å². The average Bonchev–Trinajstić information content (AvgIpc) is 2.46. The molecule has 0 radical (unpaired) electrons. The van der Waals surface area contributed by atoms with Gasteiger partial charge in [-0.2, -0.15) is 0 Å². The van der Waals surface area contributed by atoms with E-state index in [1.165, 1.54) is 4.90 Å². The topological polar surface area (TPSA) is 49.8 Å². The summed E-state index contributed by atoms with van der Waals surface area (Å²) in [6.07, 6.45) is 2.11. The molecule has 1 saturated heterocycles. The molecule has 1 aromatic carbocycles. The van der Waals surface area contributed by atoms with Gasteiger partial charge in [-0.15, -0.1) is 0 Å². The smallest absolute Gasteiger partial charge is 0.407 e. The third-order valence-corrected chi connectivity index (χ3v) is 4.54. The largest absolute Gasteiger partial charge is 0.465 e. The zero-order chi connectivity index (χ0) is 14.4. The van der Waals surface area contributed by atoms with Crippen LogP contribution >= 0.6 is 15.9 Å². The number of benzene rings is 1. The van der Waals surface area contributed by atoms with Crippen LogP contribution in [0.5, 0.6) is 0 Å². The molecule has 20 heavy (non-hydrogen) atoms. The van der Waals surface area contributed by atoms with Gasteiger partial charge in [-0.3, -0.25) is 0 Å². The van der Waals surface area contributed by atoms with Gasteiger partial charge in [0.15, 0.2) is 0 Å². The Kier molecular flexibility index (Phi) is 5.86. The van der Waals surface area contributed by atoms with E-state index in [0.29, 0.717) is 25.6 Å². The second-order valence-corrected chi connectivity index (χ2v) is 6.00. The second kappa shape index (κ2) is 7.64. The number of ether oxygens (including phenoxy) is 1. The van der Waals surface area contributed by atoms with Gasteiger partial charge in [-0.05, 0) is 36.8 Å². The van der Waals surface area contributed by atoms with E-state index in [-0.39, 0.29) is 0 Å². The summed E-state index contributed by atoms with van der Waals surface area (Å²) in [6, 6.07) is 8.06. The minimum absolute atomic E-state index is 0.588. The summed E-state index contributed by atoms with van der Waals surface area (Å²) >= 11 is 3.50. The van der Waals surface area contributed by atoms with Crippen molar-refractivity contribution >= 4 is 22.0 Å². The molecule has 0 atom stereocenters. The van der Waals surface area contributed by atoms with Crippen molar-refractivity contribution in [1.82, 2.24) is 4.90 Å². The maximum absolute atomic E-state index is 10.8. The number of likely N-dealkylation sites (tertiary alicyclic amines) is 1. The van der Waals surface area contributed by atoms with Gasteiger partial charge in [0, 0.05) is 24.2 Å². The van der Waals surface area contributed by atoms with E-state index in [1.54, 1.807) is 0 Å². The number of carboxylic acid groups (broad SMARTS) is 1. The first-order valence-corrected chi connectivity index (χ1v) is 7.75. The Labute approximate surface area is 127 Å². The monoisotopic (exact) mass is 341 g/mol. The molecule has 5 heteroatoms. The number of hydrogen-bond donors (Lipinski definition) is 1. The number of halogens is 1. The Morgan fingerprint density at radius 2 is 2.05 bits per heavy atom. The van der Waals surface area contributed by atoms with Crippen molar-refractivity contribution in [3.63, 3.8) is 0 Å². The summed E-state index contributed by atoms with van der Waals surface area (Å²) in [4.78, 5) is 12.3. The van der Waals surface area contributed by atoms with Crippen LogP contribution in [0.2, 0.25) is 0 Å². The molecular formula is C15H20BrNO3. The van der Waals surface area contributed by atoms with Crippen LogP contribution in [0, 0.1) is 5.92 Å². The summed E-state index contributed by atoms with van der Waals surface area (Å²) in [5, 5.41) is 8.89. The fraction of sp³-hybridized carbons (Fsp3) is 0.533. The zero-order valence-electron chi connectivity index (χ0n) is 11.4. The number of carbonyl (C=O) groups is 1. The van der Waals surface area contributed by atoms with Gasteiger partial charge in [0.1, 0.15) is 0 Å². The van der Waals surface area contributed by atoms with Crippen LogP contribution in [-0.2, 0) is 11.3 Å². The molecule has 0 bridgehead atoms. The van der Waals surface area contributed by atoms with Gasteiger partial charge >= 0.3 is 6.09 Å². The van der Waals surface area contributed by atoms with E-state index >= 15 is 0 Å². The molecule has 1 aromatic rings. The highest BCUT2D eigenvalue weighted by atomic mass is 79.9. The van der Waals surface area contributed by atoms with Crippen molar-refractivity contribution in [3.05, 3.63) is 34.3 Å². The van der Waals surface area contributed by atoms with E-state index < -0.39 is 6.09 Å². The zero-order valence-corrected chi connectivity index (χ0v) is 13.0. The van der Waals surface area contributed by atoms with E-state index in [0.717, 1.165) is 35.9 Å². The van der Waals surface area contributed by atoms with E-state index in [4.69, 9.17) is 9.84 Å². The molecule has 0 unspecified atom stereocenters. The highest BCUT2D eigenvalue weighted by Crippen LogP contribution is 2.21. The van der Waals surface area contributed by atoms with Crippen LogP contribution in [0.4, 0.5) is 4.79 Å². The van der Waals surface area contributed by atoms with Crippen molar-refractivity contribution in [2.24, 2.45) is 5.92 Å². The first-order chi connectivity index (χ1) is 9.66. The van der Waals surface area contributed by atoms with Gasteiger partial charge in [0.05, 0.1) is 6.61 Å². The standard InChI is InChI=1S/C15H20BrNO3/c16-14-4-2-1-3-13(14)11-20-10-7-12-5-8-17(9-6-12)15(18)19/h1-4,12H,5-11H2,(H,18,19). The summed E-state index contributed by atoms with van der Waals surface area (Å²) < 4.78 is 6.80. The molecule has 0 saturated carbocycles. The van der Waals surface area contributed by atoms with Gasteiger partial charge in [-0.1, -0.05) is 34.1 Å². The first-order valence-electron chi connectivity index (χ1n) is 6.96. The lowest BCUT2D eigenvalue weighted by molar-refractivity contribution is 0.0876. The normalized spacial score (nSPS) is 16.4. The van der Waals surface area contributed by atoms with Crippen LogP contribution in [0.15, 0.2) is 28.7 Å². The minimum atomic E-state index is -0.798. The highest BCUT2D eigenvalue weighted by Gasteiger charge is 2.21. The molecular weight excluding hydrogens is 322 g/mol. The predicted molar refractivity (Wildman–Crippen MR) is 80.7 cm³/mol. The van der Waals surface area contributed by atoms with Crippen LogP contribution < -0.4 is 0 Å². The van der Waals surface area contributed by atoms with Gasteiger partial charge in [0.25, 0.3) is 0 Å². The van der Waals surface area contributed by atoms with E-state index in [2.05, 4.69) is 22.0 Å². The molecule has 1 heterocycles. The summed E-state index contributed by atoms with van der Waals surface area (Å²) in [6.45, 7) is 2.67. The van der Waals surface area contributed by atoms with Gasteiger partial charge in [-0.25, -0.2) is 4.79 Å². The molecule has 0 spiro atoms. The first kappa shape index (κ1) is 15.3. The van der Waals surface area contributed by atoms with Crippen molar-refractivity contribution in [2.45, 2.75) is 25.9 Å². The predicted octanol–water partition coefficient (Wildman–Crippen LogP) is 3.75. The maximum atomic E-state index is 10.8. The molecule has 1 aliphatic heterocycles. The lowest BCUT2D eigenvalue weighted by Gasteiger charge is -2.29. The van der Waals surface area contributed by atoms with Gasteiger partial charge < -0.3 is 14.7 Å². The number of amides is 1. The third-order valence-electron chi connectivity index (χ3n) is 3.77. The second-order valence-electron chi connectivity index (χ2n) is 5.15. The van der Waals surface area contributed by atoms with Crippen molar-refractivity contribution in [1.29, 1.82) is 0 Å². The molecule has 0 aliphatic carbocycles. The number of hydrogen-bond acceptors (Lipinski definition) is 2. The minimum Gasteiger partial charge on any atom is -0.465 e. The molecule has 110 valence electrons. The highest BCUT2D eigenvalue weighted by molar-refractivity contribution is 9.10. The lowest BCUT2D eigenvalue weighted by Crippen LogP contribution is -2.37. The van der Waals surface area contributed by atoms with E-state index in [1.807, 2.05) is 18.2 Å². The van der Waals surface area contributed by atoms with Crippen LogP contribution in [0.1, 0.15) is 24.8 Å².